The highest BCUT2D eigenvalue weighted by molar-refractivity contribution is 6.13. The van der Waals surface area contributed by atoms with E-state index in [2.05, 4.69) is 5.32 Å². The third-order valence-electron chi connectivity index (χ3n) is 7.06. The average Bonchev–Trinajstić information content (AvgIpc) is 3.04. The summed E-state index contributed by atoms with van der Waals surface area (Å²) >= 11 is 0. The van der Waals surface area contributed by atoms with Crippen molar-refractivity contribution < 1.29 is 28.6 Å². The van der Waals surface area contributed by atoms with Crippen molar-refractivity contribution in [1.82, 2.24) is 4.90 Å². The van der Waals surface area contributed by atoms with Crippen molar-refractivity contribution in [3.05, 3.63) is 53.1 Å². The summed E-state index contributed by atoms with van der Waals surface area (Å²) < 4.78 is 16.7. The fraction of sp³-hybridized carbons (Fsp3) is 0.400. The van der Waals surface area contributed by atoms with Crippen LogP contribution in [0.4, 0.5) is 5.69 Å². The summed E-state index contributed by atoms with van der Waals surface area (Å²) in [6.45, 7) is 5.70. The molecule has 172 valence electrons. The number of rotatable bonds is 3. The summed E-state index contributed by atoms with van der Waals surface area (Å²) in [6.07, 6.45) is 0. The first-order valence-electron chi connectivity index (χ1n) is 11.0. The molecule has 8 heteroatoms. The van der Waals surface area contributed by atoms with E-state index in [4.69, 9.17) is 14.2 Å². The lowest BCUT2D eigenvalue weighted by atomic mass is 9.77. The highest BCUT2D eigenvalue weighted by Crippen LogP contribution is 2.57. The fourth-order valence-electron chi connectivity index (χ4n) is 5.54. The van der Waals surface area contributed by atoms with Crippen LogP contribution in [-0.4, -0.2) is 48.5 Å². The molecule has 0 spiro atoms. The zero-order valence-corrected chi connectivity index (χ0v) is 19.0. The predicted molar refractivity (Wildman–Crippen MR) is 119 cm³/mol. The van der Waals surface area contributed by atoms with Gasteiger partial charge in [0.2, 0.25) is 0 Å². The first kappa shape index (κ1) is 21.3. The van der Waals surface area contributed by atoms with Gasteiger partial charge in [-0.15, -0.1) is 0 Å². The second kappa shape index (κ2) is 7.50. The van der Waals surface area contributed by atoms with Gasteiger partial charge in [0.05, 0.1) is 43.5 Å². The van der Waals surface area contributed by atoms with Gasteiger partial charge in [-0.25, -0.2) is 0 Å². The number of aryl methyl sites for hydroxylation is 1. The van der Waals surface area contributed by atoms with Gasteiger partial charge in [-0.2, -0.15) is 0 Å². The van der Waals surface area contributed by atoms with Crippen molar-refractivity contribution in [3.63, 3.8) is 0 Å². The maximum atomic E-state index is 14.1. The van der Waals surface area contributed by atoms with E-state index in [1.165, 1.54) is 7.11 Å². The number of methoxy groups -OCH3 is 1. The van der Waals surface area contributed by atoms with Crippen molar-refractivity contribution in [2.24, 2.45) is 11.8 Å². The van der Waals surface area contributed by atoms with Crippen LogP contribution in [0.1, 0.15) is 41.4 Å². The van der Waals surface area contributed by atoms with E-state index >= 15 is 0 Å². The van der Waals surface area contributed by atoms with E-state index in [-0.39, 0.29) is 19.1 Å². The molecule has 3 unspecified atom stereocenters. The van der Waals surface area contributed by atoms with Crippen LogP contribution in [0.2, 0.25) is 0 Å². The molecule has 5 rings (SSSR count). The normalized spacial score (nSPS) is 27.3. The largest absolute Gasteiger partial charge is 0.497 e. The van der Waals surface area contributed by atoms with Gasteiger partial charge >= 0.3 is 5.97 Å². The first-order chi connectivity index (χ1) is 15.8. The third kappa shape index (κ3) is 2.93. The second-order valence-corrected chi connectivity index (χ2v) is 8.88. The Morgan fingerprint density at radius 2 is 2.03 bits per heavy atom. The van der Waals surface area contributed by atoms with Gasteiger partial charge in [-0.05, 0) is 45.0 Å². The SMILES string of the molecule is CCOC(=O)C1C2COc3ccc(C)cc3C2N2C(=O)c3cc(OC)ccc3NC(=O)[C@@]12C. The highest BCUT2D eigenvalue weighted by atomic mass is 16.5. The van der Waals surface area contributed by atoms with E-state index in [1.54, 1.807) is 36.9 Å². The number of carbonyl (C=O) groups excluding carboxylic acids is 3. The van der Waals surface area contributed by atoms with Crippen LogP contribution in [0.15, 0.2) is 36.4 Å². The molecule has 3 aliphatic rings. The number of hydrogen-bond acceptors (Lipinski definition) is 6. The van der Waals surface area contributed by atoms with Crippen molar-refractivity contribution in [2.75, 3.05) is 25.6 Å². The Bertz CT molecular complexity index is 1180. The minimum Gasteiger partial charge on any atom is -0.497 e. The Morgan fingerprint density at radius 1 is 1.24 bits per heavy atom. The number of esters is 1. The zero-order valence-electron chi connectivity index (χ0n) is 19.0. The number of nitrogens with zero attached hydrogens (tertiary/aromatic N) is 1. The van der Waals surface area contributed by atoms with Gasteiger partial charge in [-0.3, -0.25) is 14.4 Å². The molecule has 1 N–H and O–H groups in total. The van der Waals surface area contributed by atoms with Crippen molar-refractivity contribution in [3.8, 4) is 11.5 Å². The summed E-state index contributed by atoms with van der Waals surface area (Å²) in [5.74, 6) is -1.47. The molecule has 33 heavy (non-hydrogen) atoms. The van der Waals surface area contributed by atoms with Crippen LogP contribution in [0, 0.1) is 18.8 Å². The van der Waals surface area contributed by atoms with Crippen molar-refractivity contribution in [2.45, 2.75) is 32.4 Å². The fourth-order valence-corrected chi connectivity index (χ4v) is 5.54. The minimum atomic E-state index is -1.47. The lowest BCUT2D eigenvalue weighted by Crippen LogP contribution is -2.57. The molecule has 0 bridgehead atoms. The Kier molecular flexibility index (Phi) is 4.84. The number of hydrogen-bond donors (Lipinski definition) is 1. The molecule has 2 amide bonds. The summed E-state index contributed by atoms with van der Waals surface area (Å²) in [5.41, 5.74) is 1.01. The van der Waals surface area contributed by atoms with Gasteiger partial charge in [0.15, 0.2) is 0 Å². The summed E-state index contributed by atoms with van der Waals surface area (Å²) in [4.78, 5) is 42.7. The van der Waals surface area contributed by atoms with Gasteiger partial charge < -0.3 is 24.4 Å². The van der Waals surface area contributed by atoms with Gasteiger partial charge in [0.1, 0.15) is 17.0 Å². The van der Waals surface area contributed by atoms with Crippen molar-refractivity contribution in [1.29, 1.82) is 0 Å². The molecule has 2 aromatic rings. The lowest BCUT2D eigenvalue weighted by molar-refractivity contribution is -0.155. The number of ether oxygens (including phenoxy) is 3. The highest BCUT2D eigenvalue weighted by Gasteiger charge is 2.67. The number of benzene rings is 2. The van der Waals surface area contributed by atoms with Gasteiger partial charge in [0.25, 0.3) is 11.8 Å². The minimum absolute atomic E-state index is 0.173. The third-order valence-corrected chi connectivity index (χ3v) is 7.06. The van der Waals surface area contributed by atoms with E-state index in [9.17, 15) is 14.4 Å². The molecule has 2 aromatic carbocycles. The van der Waals surface area contributed by atoms with Gasteiger partial charge in [0, 0.05) is 11.5 Å². The molecule has 1 fully saturated rings. The summed E-state index contributed by atoms with van der Waals surface area (Å²) in [6, 6.07) is 10.2. The number of carbonyl (C=O) groups is 3. The smallest absolute Gasteiger partial charge is 0.312 e. The Morgan fingerprint density at radius 3 is 2.76 bits per heavy atom. The standard InChI is InChI=1S/C25H26N2O6/c1-5-32-23(29)20-17-12-33-19-9-6-13(2)10-16(19)21(17)27-22(28)15-11-14(31-4)7-8-18(15)26-24(30)25(20,27)3/h6-11,17,20-21H,5,12H2,1-4H3,(H,26,30)/t17?,20?,21?,25-/m1/s1. The van der Waals surface area contributed by atoms with Gasteiger partial charge in [-0.1, -0.05) is 17.7 Å². The molecule has 4 atom stereocenters. The molecule has 0 radical (unpaired) electrons. The molecular weight excluding hydrogens is 424 g/mol. The lowest BCUT2D eigenvalue weighted by Gasteiger charge is -2.38. The summed E-state index contributed by atoms with van der Waals surface area (Å²) in [7, 11) is 1.52. The Hall–Kier alpha value is -3.55. The maximum absolute atomic E-state index is 14.1. The van der Waals surface area contributed by atoms with E-state index in [0.717, 1.165) is 11.1 Å². The Labute approximate surface area is 191 Å². The van der Waals surface area contributed by atoms with E-state index in [1.807, 2.05) is 25.1 Å². The molecule has 3 heterocycles. The Balaban J connectivity index is 1.76. The van der Waals surface area contributed by atoms with Crippen LogP contribution in [-0.2, 0) is 14.3 Å². The maximum Gasteiger partial charge on any atom is 0.312 e. The number of amides is 2. The van der Waals surface area contributed by atoms with Crippen LogP contribution in [0.5, 0.6) is 11.5 Å². The zero-order chi connectivity index (χ0) is 23.5. The molecule has 0 saturated carbocycles. The predicted octanol–water partition coefficient (Wildman–Crippen LogP) is 3.10. The van der Waals surface area contributed by atoms with Crippen LogP contribution in [0.3, 0.4) is 0 Å². The van der Waals surface area contributed by atoms with Crippen LogP contribution >= 0.6 is 0 Å². The summed E-state index contributed by atoms with van der Waals surface area (Å²) in [5, 5.41) is 2.88. The first-order valence-corrected chi connectivity index (χ1v) is 11.0. The average molecular weight is 450 g/mol. The number of nitrogens with one attached hydrogen (secondary N) is 1. The van der Waals surface area contributed by atoms with Crippen molar-refractivity contribution >= 4 is 23.5 Å². The molecule has 0 aliphatic carbocycles. The van der Waals surface area contributed by atoms with E-state index in [0.29, 0.717) is 22.7 Å². The molecule has 8 nitrogen and oxygen atoms in total. The number of anilines is 1. The second-order valence-electron chi connectivity index (χ2n) is 8.88. The molecule has 1 saturated heterocycles. The quantitative estimate of drug-likeness (QED) is 0.723. The van der Waals surface area contributed by atoms with E-state index < -0.39 is 35.3 Å². The molecular formula is C25H26N2O6. The molecule has 0 aromatic heterocycles. The monoisotopic (exact) mass is 450 g/mol. The number of fused-ring (bicyclic) bond motifs is 6. The topological polar surface area (TPSA) is 94.2 Å². The van der Waals surface area contributed by atoms with Crippen LogP contribution in [0.25, 0.3) is 0 Å². The van der Waals surface area contributed by atoms with Crippen LogP contribution < -0.4 is 14.8 Å². The molecule has 3 aliphatic heterocycles.